The van der Waals surface area contributed by atoms with Crippen LogP contribution in [0.2, 0.25) is 0 Å². The number of furan rings is 1. The minimum absolute atomic E-state index is 0.0435. The molecule has 3 N–H and O–H groups in total. The number of carbonyl (C=O) groups excluding carboxylic acids is 1. The van der Waals surface area contributed by atoms with Crippen LogP contribution in [0.15, 0.2) is 65.1 Å². The number of hydrogen-bond acceptors (Lipinski definition) is 9. The van der Waals surface area contributed by atoms with Gasteiger partial charge in [0.05, 0.1) is 11.2 Å². The van der Waals surface area contributed by atoms with E-state index in [9.17, 15) is 20.0 Å². The molecule has 0 bridgehead atoms. The number of amides is 1. The van der Waals surface area contributed by atoms with Crippen molar-refractivity contribution in [2.45, 2.75) is 32.0 Å². The predicted molar refractivity (Wildman–Crippen MR) is 136 cm³/mol. The standard InChI is InChI=1S/C26H30N4O7/c1-2-35-26-19(7-5-13-31)20(21-16-36-22-8-4-3-6-18(21)22)14-23(37-26)25(32)28-12-11-27-24-10-9-17(15-29-24)30(33)34/h3-4,6,8-10,14-16,19-20,26,31H,2,5,7,11-13H2,1H3,(H,27,29)(H,28,32)/t19-,20-,26+/m0/s1. The van der Waals surface area contributed by atoms with Crippen LogP contribution in [0.5, 0.6) is 0 Å². The number of pyridine rings is 1. The molecule has 0 fully saturated rings. The number of aliphatic hydroxyl groups is 1. The van der Waals surface area contributed by atoms with Crippen molar-refractivity contribution in [2.24, 2.45) is 5.92 Å². The molecule has 3 heterocycles. The van der Waals surface area contributed by atoms with Gasteiger partial charge in [-0.2, -0.15) is 0 Å². The lowest BCUT2D eigenvalue weighted by Gasteiger charge is -2.36. The summed E-state index contributed by atoms with van der Waals surface area (Å²) in [7, 11) is 0. The molecule has 196 valence electrons. The number of nitrogens with zero attached hydrogens (tertiary/aromatic N) is 2. The van der Waals surface area contributed by atoms with Crippen molar-refractivity contribution in [1.82, 2.24) is 10.3 Å². The van der Waals surface area contributed by atoms with E-state index >= 15 is 0 Å². The Morgan fingerprint density at radius 1 is 1.24 bits per heavy atom. The predicted octanol–water partition coefficient (Wildman–Crippen LogP) is 3.71. The molecule has 0 saturated heterocycles. The number of rotatable bonds is 12. The van der Waals surface area contributed by atoms with Crippen molar-refractivity contribution in [1.29, 1.82) is 0 Å². The lowest BCUT2D eigenvalue weighted by atomic mass is 9.80. The van der Waals surface area contributed by atoms with Gasteiger partial charge in [0.1, 0.15) is 17.6 Å². The number of allylic oxidation sites excluding steroid dienone is 1. The van der Waals surface area contributed by atoms with Crippen molar-refractivity contribution in [3.8, 4) is 0 Å². The number of aromatic nitrogens is 1. The van der Waals surface area contributed by atoms with Crippen LogP contribution < -0.4 is 10.6 Å². The van der Waals surface area contributed by atoms with Gasteiger partial charge in [0, 0.05) is 55.2 Å². The average molecular weight is 511 g/mol. The Balaban J connectivity index is 1.48. The summed E-state index contributed by atoms with van der Waals surface area (Å²) in [6.07, 6.45) is 5.23. The van der Waals surface area contributed by atoms with Gasteiger partial charge in [0.25, 0.3) is 11.6 Å². The third-order valence-electron chi connectivity index (χ3n) is 6.18. The number of nitro groups is 1. The number of benzene rings is 1. The van der Waals surface area contributed by atoms with E-state index in [-0.39, 0.29) is 42.3 Å². The molecule has 0 unspecified atom stereocenters. The Kier molecular flexibility index (Phi) is 8.70. The number of ether oxygens (including phenoxy) is 2. The lowest BCUT2D eigenvalue weighted by Crippen LogP contribution is -2.39. The highest BCUT2D eigenvalue weighted by Crippen LogP contribution is 2.42. The Labute approximate surface area is 213 Å². The first-order chi connectivity index (χ1) is 18.0. The quantitative estimate of drug-likeness (QED) is 0.188. The molecule has 0 spiro atoms. The SMILES string of the molecule is CCO[C@@H]1OC(C(=O)NCCNc2ccc([N+](=O)[O-])cn2)=C[C@H](c2coc3ccccc23)[C@@H]1CCCO. The smallest absolute Gasteiger partial charge is 0.287 e. The van der Waals surface area contributed by atoms with Gasteiger partial charge in [-0.3, -0.25) is 14.9 Å². The summed E-state index contributed by atoms with van der Waals surface area (Å²) < 4.78 is 17.7. The lowest BCUT2D eigenvalue weighted by molar-refractivity contribution is -0.385. The maximum atomic E-state index is 13.0. The van der Waals surface area contributed by atoms with Crippen LogP contribution in [0.4, 0.5) is 11.5 Å². The summed E-state index contributed by atoms with van der Waals surface area (Å²) in [5.74, 6) is -0.116. The number of anilines is 1. The Morgan fingerprint density at radius 2 is 2.08 bits per heavy atom. The molecule has 0 radical (unpaired) electrons. The van der Waals surface area contributed by atoms with Gasteiger partial charge in [-0.25, -0.2) is 4.98 Å². The van der Waals surface area contributed by atoms with Gasteiger partial charge in [-0.05, 0) is 38.0 Å². The molecule has 1 aromatic carbocycles. The number of para-hydroxylation sites is 1. The fourth-order valence-corrected chi connectivity index (χ4v) is 4.43. The maximum absolute atomic E-state index is 13.0. The van der Waals surface area contributed by atoms with Crippen molar-refractivity contribution in [2.75, 3.05) is 31.6 Å². The maximum Gasteiger partial charge on any atom is 0.287 e. The van der Waals surface area contributed by atoms with E-state index in [0.717, 1.165) is 16.5 Å². The van der Waals surface area contributed by atoms with Crippen molar-refractivity contribution in [3.05, 3.63) is 76.4 Å². The molecule has 1 amide bonds. The third kappa shape index (κ3) is 6.25. The van der Waals surface area contributed by atoms with Crippen LogP contribution in [0.3, 0.4) is 0 Å². The van der Waals surface area contributed by atoms with Crippen molar-refractivity contribution in [3.63, 3.8) is 0 Å². The zero-order valence-corrected chi connectivity index (χ0v) is 20.5. The van der Waals surface area contributed by atoms with Crippen LogP contribution in [-0.4, -0.2) is 53.5 Å². The molecular weight excluding hydrogens is 480 g/mol. The minimum atomic E-state index is -0.664. The van der Waals surface area contributed by atoms with E-state index in [0.29, 0.717) is 31.8 Å². The third-order valence-corrected chi connectivity index (χ3v) is 6.18. The molecule has 37 heavy (non-hydrogen) atoms. The van der Waals surface area contributed by atoms with E-state index in [1.807, 2.05) is 31.2 Å². The second kappa shape index (κ2) is 12.3. The van der Waals surface area contributed by atoms with Gasteiger partial charge in [0.15, 0.2) is 5.76 Å². The van der Waals surface area contributed by atoms with E-state index in [2.05, 4.69) is 15.6 Å². The summed E-state index contributed by atoms with van der Waals surface area (Å²) in [5, 5.41) is 27.0. The number of aliphatic hydroxyl groups excluding tert-OH is 1. The Morgan fingerprint density at radius 3 is 2.81 bits per heavy atom. The fraction of sp³-hybridized carbons (Fsp3) is 0.385. The van der Waals surface area contributed by atoms with E-state index in [1.165, 1.54) is 18.3 Å². The second-order valence-electron chi connectivity index (χ2n) is 8.56. The van der Waals surface area contributed by atoms with E-state index in [1.54, 1.807) is 12.3 Å². The average Bonchev–Trinajstić information content (AvgIpc) is 3.34. The number of fused-ring (bicyclic) bond motifs is 1. The summed E-state index contributed by atoms with van der Waals surface area (Å²) in [5.41, 5.74) is 1.59. The molecule has 11 nitrogen and oxygen atoms in total. The number of hydrogen-bond donors (Lipinski definition) is 3. The first-order valence-electron chi connectivity index (χ1n) is 12.2. The highest BCUT2D eigenvalue weighted by atomic mass is 16.7. The van der Waals surface area contributed by atoms with Gasteiger partial charge in [-0.15, -0.1) is 0 Å². The highest BCUT2D eigenvalue weighted by molar-refractivity contribution is 5.92. The number of nitrogens with one attached hydrogen (secondary N) is 2. The molecular formula is C26H30N4O7. The van der Waals surface area contributed by atoms with Gasteiger partial charge < -0.3 is 29.6 Å². The molecule has 4 rings (SSSR count). The molecule has 1 aliphatic rings. The largest absolute Gasteiger partial charge is 0.464 e. The summed E-state index contributed by atoms with van der Waals surface area (Å²) in [4.78, 5) is 27.3. The topological polar surface area (TPSA) is 149 Å². The zero-order valence-electron chi connectivity index (χ0n) is 20.5. The van der Waals surface area contributed by atoms with Crippen LogP contribution >= 0.6 is 0 Å². The zero-order chi connectivity index (χ0) is 26.2. The van der Waals surface area contributed by atoms with Gasteiger partial charge >= 0.3 is 0 Å². The van der Waals surface area contributed by atoms with Crippen LogP contribution in [0, 0.1) is 16.0 Å². The van der Waals surface area contributed by atoms with Gasteiger partial charge in [0.2, 0.25) is 6.29 Å². The molecule has 0 aliphatic carbocycles. The summed E-state index contributed by atoms with van der Waals surface area (Å²) in [6, 6.07) is 10.6. The summed E-state index contributed by atoms with van der Waals surface area (Å²) >= 11 is 0. The van der Waals surface area contributed by atoms with Gasteiger partial charge in [-0.1, -0.05) is 18.2 Å². The van der Waals surface area contributed by atoms with Crippen molar-refractivity contribution >= 4 is 28.4 Å². The molecule has 3 atom stereocenters. The van der Waals surface area contributed by atoms with Crippen LogP contribution in [-0.2, 0) is 14.3 Å². The molecule has 11 heteroatoms. The van der Waals surface area contributed by atoms with E-state index in [4.69, 9.17) is 13.9 Å². The normalized spacial score (nSPS) is 19.2. The Bertz CT molecular complexity index is 1240. The minimum Gasteiger partial charge on any atom is -0.464 e. The monoisotopic (exact) mass is 510 g/mol. The van der Waals surface area contributed by atoms with Crippen LogP contribution in [0.25, 0.3) is 11.0 Å². The first-order valence-corrected chi connectivity index (χ1v) is 12.2. The first kappa shape index (κ1) is 26.1. The van der Waals surface area contributed by atoms with E-state index < -0.39 is 11.2 Å². The molecule has 1 aliphatic heterocycles. The van der Waals surface area contributed by atoms with Crippen LogP contribution in [0.1, 0.15) is 31.2 Å². The highest BCUT2D eigenvalue weighted by Gasteiger charge is 2.39. The molecule has 2 aromatic heterocycles. The summed E-state index contributed by atoms with van der Waals surface area (Å²) in [6.45, 7) is 2.94. The molecule has 0 saturated carbocycles. The second-order valence-corrected chi connectivity index (χ2v) is 8.56. The van der Waals surface area contributed by atoms with Crippen molar-refractivity contribution < 1.29 is 28.7 Å². The molecule has 3 aromatic rings. The fourth-order valence-electron chi connectivity index (χ4n) is 4.43. The Hall–Kier alpha value is -3.96. The number of carbonyl (C=O) groups is 1.